The Balaban J connectivity index is 1.09. The van der Waals surface area contributed by atoms with Gasteiger partial charge in [-0.2, -0.15) is 0 Å². The van der Waals surface area contributed by atoms with Crippen molar-refractivity contribution in [2.45, 2.75) is 38.5 Å². The number of para-hydroxylation sites is 1. The van der Waals surface area contributed by atoms with E-state index in [1.807, 2.05) is 24.3 Å². The van der Waals surface area contributed by atoms with Crippen LogP contribution in [0.3, 0.4) is 0 Å². The summed E-state index contributed by atoms with van der Waals surface area (Å²) in [5.74, 6) is 0. The quantitative estimate of drug-likeness (QED) is 0.104. The third-order valence-electron chi connectivity index (χ3n) is 11.3. The van der Waals surface area contributed by atoms with Gasteiger partial charge in [-0.25, -0.2) is 0 Å². The van der Waals surface area contributed by atoms with Crippen LogP contribution >= 0.6 is 0 Å². The van der Waals surface area contributed by atoms with Crippen LogP contribution in [-0.2, 0) is 0 Å². The van der Waals surface area contributed by atoms with Gasteiger partial charge in [0, 0.05) is 34.6 Å². The highest BCUT2D eigenvalue weighted by Crippen LogP contribution is 2.41. The molecule has 2 heteroatoms. The summed E-state index contributed by atoms with van der Waals surface area (Å²) < 4.78 is 0. The average molecular weight is 777 g/mol. The number of rotatable bonds is 14. The molecule has 0 bridgehead atoms. The van der Waals surface area contributed by atoms with Gasteiger partial charge in [-0.15, -0.1) is 0 Å². The highest BCUT2D eigenvalue weighted by atomic mass is 15.1. The van der Waals surface area contributed by atoms with Crippen molar-refractivity contribution in [3.8, 4) is 0 Å². The molecule has 2 nitrogen and oxygen atoms in total. The Bertz CT molecular complexity index is 2570. The van der Waals surface area contributed by atoms with Gasteiger partial charge in [-0.3, -0.25) is 0 Å². The number of hydrogen-bond donors (Lipinski definition) is 0. The van der Waals surface area contributed by atoms with Crippen LogP contribution in [-0.4, -0.2) is 0 Å². The maximum Gasteiger partial charge on any atom is 0.0493 e. The summed E-state index contributed by atoms with van der Waals surface area (Å²) in [5, 5.41) is 0. The SMILES string of the molecule is C=C/C=C(\C=C)c1ccc(N(C2=C(C3=CC=C(c4ccc(N(/C=C/C=C\c5ccccc5)c5ccccc5)cc4)CC3)CCC=C2)c2ccc(C3=CCCC=C3)cc2)cc1. The normalized spacial score (nSPS) is 15.5. The molecule has 5 aromatic rings. The van der Waals surface area contributed by atoms with Crippen LogP contribution in [0.15, 0.2) is 243 Å². The van der Waals surface area contributed by atoms with Crippen molar-refractivity contribution in [2.24, 2.45) is 0 Å². The third kappa shape index (κ3) is 9.41. The summed E-state index contributed by atoms with van der Waals surface area (Å²) in [5.41, 5.74) is 17.1. The van der Waals surface area contributed by atoms with Crippen molar-refractivity contribution in [2.75, 3.05) is 9.80 Å². The van der Waals surface area contributed by atoms with Gasteiger partial charge in [0.05, 0.1) is 0 Å². The Hall–Kier alpha value is -7.16. The lowest BCUT2D eigenvalue weighted by molar-refractivity contribution is 0.881. The highest BCUT2D eigenvalue weighted by molar-refractivity contribution is 5.81. The van der Waals surface area contributed by atoms with Crippen molar-refractivity contribution < 1.29 is 0 Å². The zero-order valence-electron chi connectivity index (χ0n) is 34.3. The van der Waals surface area contributed by atoms with Crippen molar-refractivity contribution in [3.63, 3.8) is 0 Å². The summed E-state index contributed by atoms with van der Waals surface area (Å²) in [6.07, 6.45) is 36.7. The van der Waals surface area contributed by atoms with Gasteiger partial charge < -0.3 is 9.80 Å². The Morgan fingerprint density at radius 3 is 1.85 bits per heavy atom. The van der Waals surface area contributed by atoms with E-state index in [1.54, 1.807) is 0 Å². The first-order valence-electron chi connectivity index (χ1n) is 21.2. The molecule has 0 heterocycles. The second kappa shape index (κ2) is 19.5. The van der Waals surface area contributed by atoms with Crippen LogP contribution in [0.5, 0.6) is 0 Å². The van der Waals surface area contributed by atoms with E-state index in [2.05, 4.69) is 217 Å². The number of benzene rings is 5. The minimum absolute atomic E-state index is 0.990. The fourth-order valence-corrected chi connectivity index (χ4v) is 8.20. The fourth-order valence-electron chi connectivity index (χ4n) is 8.20. The fraction of sp³-hybridized carbons (Fsp3) is 0.103. The lowest BCUT2D eigenvalue weighted by Crippen LogP contribution is -2.19. The van der Waals surface area contributed by atoms with Crippen LogP contribution in [0.1, 0.15) is 60.8 Å². The molecule has 0 aliphatic heterocycles. The molecule has 5 aromatic carbocycles. The summed E-state index contributed by atoms with van der Waals surface area (Å²) in [6, 6.07) is 47.9. The monoisotopic (exact) mass is 776 g/mol. The third-order valence-corrected chi connectivity index (χ3v) is 11.3. The van der Waals surface area contributed by atoms with Gasteiger partial charge in [0.1, 0.15) is 0 Å². The highest BCUT2D eigenvalue weighted by Gasteiger charge is 2.23. The lowest BCUT2D eigenvalue weighted by Gasteiger charge is -2.32. The molecule has 0 radical (unpaired) electrons. The van der Waals surface area contributed by atoms with E-state index in [9.17, 15) is 0 Å². The first-order chi connectivity index (χ1) is 29.7. The standard InChI is InChI=1S/C58H52N2/c1-3-18-46(4-2)48-34-40-55(41-35-48)60(56-42-36-50(37-43-56)47-22-10-6-11-23-47)58-27-15-14-26-57(58)52-30-28-49(29-31-52)51-32-38-54(39-33-51)59(53-24-12-7-13-25-53)44-17-16-21-45-19-8-5-9-20-45/h3-5,7-10,12-13,15-25,27-28,30,32-44H,1-2,6,11,14,26,29,31H2/b21-16-,44-17+,46-18+. The molecule has 0 N–H and O–H groups in total. The van der Waals surface area contributed by atoms with Crippen LogP contribution in [0.4, 0.5) is 22.7 Å². The lowest BCUT2D eigenvalue weighted by atomic mass is 9.85. The Morgan fingerprint density at radius 2 is 1.18 bits per heavy atom. The molecule has 0 saturated heterocycles. The van der Waals surface area contributed by atoms with Crippen molar-refractivity contribution in [1.82, 2.24) is 0 Å². The second-order valence-corrected chi connectivity index (χ2v) is 15.2. The number of hydrogen-bond acceptors (Lipinski definition) is 2. The summed E-state index contributed by atoms with van der Waals surface area (Å²) in [7, 11) is 0. The molecule has 0 fully saturated rings. The van der Waals surface area contributed by atoms with E-state index in [1.165, 1.54) is 44.7 Å². The molecule has 3 aliphatic rings. The molecule has 0 unspecified atom stereocenters. The van der Waals surface area contributed by atoms with Crippen LogP contribution in [0.2, 0.25) is 0 Å². The molecule has 0 saturated carbocycles. The zero-order valence-corrected chi connectivity index (χ0v) is 34.3. The summed E-state index contributed by atoms with van der Waals surface area (Å²) >= 11 is 0. The second-order valence-electron chi connectivity index (χ2n) is 15.2. The smallest absolute Gasteiger partial charge is 0.0493 e. The number of anilines is 4. The Morgan fingerprint density at radius 1 is 0.550 bits per heavy atom. The van der Waals surface area contributed by atoms with Gasteiger partial charge in [0.2, 0.25) is 0 Å². The molecule has 0 atom stereocenters. The van der Waals surface area contributed by atoms with Crippen LogP contribution in [0.25, 0.3) is 22.8 Å². The molecular weight excluding hydrogens is 725 g/mol. The Labute approximate surface area is 357 Å². The summed E-state index contributed by atoms with van der Waals surface area (Å²) in [4.78, 5) is 4.68. The van der Waals surface area contributed by atoms with E-state index in [4.69, 9.17) is 0 Å². The predicted octanol–water partition coefficient (Wildman–Crippen LogP) is 16.1. The van der Waals surface area contributed by atoms with Crippen LogP contribution in [0, 0.1) is 0 Å². The first kappa shape index (κ1) is 39.7. The maximum absolute atomic E-state index is 4.04. The van der Waals surface area contributed by atoms with Crippen LogP contribution < -0.4 is 9.80 Å². The van der Waals surface area contributed by atoms with Gasteiger partial charge in [0.25, 0.3) is 0 Å². The minimum Gasteiger partial charge on any atom is -0.317 e. The first-order valence-corrected chi connectivity index (χ1v) is 21.2. The van der Waals surface area contributed by atoms with E-state index >= 15 is 0 Å². The topological polar surface area (TPSA) is 6.48 Å². The van der Waals surface area contributed by atoms with E-state index in [0.717, 1.165) is 72.4 Å². The van der Waals surface area contributed by atoms with Gasteiger partial charge in [-0.1, -0.05) is 165 Å². The molecule has 0 spiro atoms. The minimum atomic E-state index is 0.990. The molecule has 294 valence electrons. The number of nitrogens with zero attached hydrogens (tertiary/aromatic N) is 2. The number of allylic oxidation sites excluding steroid dienone is 17. The van der Waals surface area contributed by atoms with Gasteiger partial charge >= 0.3 is 0 Å². The zero-order chi connectivity index (χ0) is 40.9. The molecule has 60 heavy (non-hydrogen) atoms. The van der Waals surface area contributed by atoms with E-state index in [0.29, 0.717) is 0 Å². The summed E-state index contributed by atoms with van der Waals surface area (Å²) in [6.45, 7) is 7.95. The Kier molecular flexibility index (Phi) is 12.9. The van der Waals surface area contributed by atoms with E-state index in [-0.39, 0.29) is 0 Å². The van der Waals surface area contributed by atoms with Gasteiger partial charge in [0.15, 0.2) is 0 Å². The van der Waals surface area contributed by atoms with Crippen molar-refractivity contribution in [1.29, 1.82) is 0 Å². The average Bonchev–Trinajstić information content (AvgIpc) is 3.33. The van der Waals surface area contributed by atoms with E-state index < -0.39 is 0 Å². The van der Waals surface area contributed by atoms with Gasteiger partial charge in [-0.05, 0) is 149 Å². The maximum atomic E-state index is 4.04. The van der Waals surface area contributed by atoms with Crippen molar-refractivity contribution >= 4 is 45.5 Å². The van der Waals surface area contributed by atoms with Crippen molar-refractivity contribution in [3.05, 3.63) is 265 Å². The molecule has 8 rings (SSSR count). The largest absolute Gasteiger partial charge is 0.317 e. The predicted molar refractivity (Wildman–Crippen MR) is 260 cm³/mol. The molecular formula is C58H52N2. The molecule has 0 amide bonds. The molecule has 3 aliphatic carbocycles. The molecule has 0 aromatic heterocycles.